The van der Waals surface area contributed by atoms with Gasteiger partial charge in [0.1, 0.15) is 24.7 Å². The first-order valence-corrected chi connectivity index (χ1v) is 12.8. The molecule has 9 heteroatoms. The lowest BCUT2D eigenvalue weighted by molar-refractivity contribution is -0.127. The Morgan fingerprint density at radius 3 is 2.50 bits per heavy atom. The zero-order valence-electron chi connectivity index (χ0n) is 19.8. The third-order valence-corrected chi connectivity index (χ3v) is 7.12. The highest BCUT2D eigenvalue weighted by atomic mass is 35.5. The van der Waals surface area contributed by atoms with Gasteiger partial charge < -0.3 is 10.1 Å². The molecule has 1 aliphatic heterocycles. The lowest BCUT2D eigenvalue weighted by Gasteiger charge is -2.13. The molecule has 4 aromatic carbocycles. The Morgan fingerprint density at radius 1 is 0.974 bits per heavy atom. The Hall–Kier alpha value is -4.14. The highest BCUT2D eigenvalue weighted by Gasteiger charge is 2.36. The van der Waals surface area contributed by atoms with Gasteiger partial charge in [-0.15, -0.1) is 0 Å². The van der Waals surface area contributed by atoms with Gasteiger partial charge in [-0.05, 0) is 59.1 Å². The van der Waals surface area contributed by atoms with E-state index in [0.29, 0.717) is 17.0 Å². The van der Waals surface area contributed by atoms with E-state index in [1.165, 1.54) is 12.1 Å². The standard InChI is InChI=1S/C29H20ClFN2O4S/c30-23-8-4-9-24(31)22(23)17-37-20-13-11-18(12-14-20)15-26-28(35)33(29(36)38-26)16-27(34)32-25-10-3-6-19-5-1-2-7-21(19)25/h1-15H,16-17H2,(H,32,34)/b26-15-. The average molecular weight is 547 g/mol. The number of fused-ring (bicyclic) bond motifs is 1. The van der Waals surface area contributed by atoms with Crippen molar-refractivity contribution in [1.29, 1.82) is 0 Å². The molecule has 38 heavy (non-hydrogen) atoms. The Balaban J connectivity index is 1.22. The normalized spacial score (nSPS) is 14.4. The fraction of sp³-hybridized carbons (Fsp3) is 0.0690. The van der Waals surface area contributed by atoms with Gasteiger partial charge in [-0.25, -0.2) is 4.39 Å². The number of anilines is 1. The summed E-state index contributed by atoms with van der Waals surface area (Å²) in [5, 5.41) is 4.39. The summed E-state index contributed by atoms with van der Waals surface area (Å²) >= 11 is 6.80. The van der Waals surface area contributed by atoms with Crippen LogP contribution in [-0.2, 0) is 16.2 Å². The van der Waals surface area contributed by atoms with Crippen molar-refractivity contribution in [2.24, 2.45) is 0 Å². The highest BCUT2D eigenvalue weighted by molar-refractivity contribution is 8.18. The minimum atomic E-state index is -0.539. The molecule has 0 aliphatic carbocycles. The molecular weight excluding hydrogens is 527 g/mol. The van der Waals surface area contributed by atoms with Crippen molar-refractivity contribution in [2.45, 2.75) is 6.61 Å². The predicted octanol–water partition coefficient (Wildman–Crippen LogP) is 6.89. The molecule has 1 N–H and O–H groups in total. The molecule has 5 rings (SSSR count). The second-order valence-corrected chi connectivity index (χ2v) is 9.80. The van der Waals surface area contributed by atoms with Gasteiger partial charge >= 0.3 is 0 Å². The fourth-order valence-corrected chi connectivity index (χ4v) is 5.00. The molecule has 0 aromatic heterocycles. The summed E-state index contributed by atoms with van der Waals surface area (Å²) in [4.78, 5) is 39.2. The van der Waals surface area contributed by atoms with Crippen molar-refractivity contribution in [3.63, 3.8) is 0 Å². The van der Waals surface area contributed by atoms with Gasteiger partial charge in [0.05, 0.1) is 9.93 Å². The highest BCUT2D eigenvalue weighted by Crippen LogP contribution is 2.33. The third kappa shape index (κ3) is 5.56. The number of imide groups is 1. The van der Waals surface area contributed by atoms with Crippen LogP contribution >= 0.6 is 23.4 Å². The molecular formula is C29H20ClFN2O4S. The third-order valence-electron chi connectivity index (χ3n) is 5.86. The van der Waals surface area contributed by atoms with Crippen molar-refractivity contribution in [3.8, 4) is 5.75 Å². The molecule has 1 aliphatic rings. The molecule has 1 saturated heterocycles. The summed E-state index contributed by atoms with van der Waals surface area (Å²) in [6.45, 7) is -0.429. The maximum Gasteiger partial charge on any atom is 0.294 e. The number of rotatable bonds is 7. The van der Waals surface area contributed by atoms with Gasteiger partial charge in [0, 0.05) is 16.6 Å². The number of halogens is 2. The molecule has 0 spiro atoms. The van der Waals surface area contributed by atoms with Crippen molar-refractivity contribution in [1.82, 2.24) is 4.90 Å². The summed E-state index contributed by atoms with van der Waals surface area (Å²) < 4.78 is 19.6. The Labute approximate surface area is 227 Å². The van der Waals surface area contributed by atoms with E-state index in [-0.39, 0.29) is 22.1 Å². The van der Waals surface area contributed by atoms with Gasteiger partial charge in [-0.2, -0.15) is 0 Å². The average Bonchev–Trinajstić information content (AvgIpc) is 3.16. The maximum atomic E-state index is 13.9. The van der Waals surface area contributed by atoms with E-state index in [4.69, 9.17) is 16.3 Å². The number of thioether (sulfide) groups is 1. The van der Waals surface area contributed by atoms with Crippen LogP contribution in [0.25, 0.3) is 16.8 Å². The summed E-state index contributed by atoms with van der Waals surface area (Å²) in [6.07, 6.45) is 1.57. The Kier molecular flexibility index (Phi) is 7.44. The van der Waals surface area contributed by atoms with Crippen LogP contribution < -0.4 is 10.1 Å². The molecule has 0 radical (unpaired) electrons. The van der Waals surface area contributed by atoms with E-state index >= 15 is 0 Å². The van der Waals surface area contributed by atoms with E-state index in [2.05, 4.69) is 5.32 Å². The van der Waals surface area contributed by atoms with Crippen LogP contribution in [-0.4, -0.2) is 28.5 Å². The van der Waals surface area contributed by atoms with Gasteiger partial charge in [0.25, 0.3) is 11.1 Å². The van der Waals surface area contributed by atoms with E-state index in [1.807, 2.05) is 36.4 Å². The maximum absolute atomic E-state index is 13.9. The largest absolute Gasteiger partial charge is 0.489 e. The number of ether oxygens (including phenoxy) is 1. The smallest absolute Gasteiger partial charge is 0.294 e. The van der Waals surface area contributed by atoms with Crippen molar-refractivity contribution in [2.75, 3.05) is 11.9 Å². The quantitative estimate of drug-likeness (QED) is 0.256. The van der Waals surface area contributed by atoms with Crippen molar-refractivity contribution in [3.05, 3.63) is 112 Å². The van der Waals surface area contributed by atoms with Crippen LogP contribution in [0.3, 0.4) is 0 Å². The number of nitrogens with one attached hydrogen (secondary N) is 1. The summed E-state index contributed by atoms with van der Waals surface area (Å²) in [6, 6.07) is 24.3. The van der Waals surface area contributed by atoms with E-state index in [0.717, 1.165) is 27.4 Å². The van der Waals surface area contributed by atoms with Gasteiger partial charge in [0.2, 0.25) is 5.91 Å². The predicted molar refractivity (Wildman–Crippen MR) is 147 cm³/mol. The van der Waals surface area contributed by atoms with Crippen LogP contribution in [0, 0.1) is 5.82 Å². The van der Waals surface area contributed by atoms with Gasteiger partial charge in [0.15, 0.2) is 0 Å². The molecule has 0 atom stereocenters. The lowest BCUT2D eigenvalue weighted by Crippen LogP contribution is -2.36. The van der Waals surface area contributed by atoms with E-state index in [9.17, 15) is 18.8 Å². The zero-order valence-corrected chi connectivity index (χ0v) is 21.4. The van der Waals surface area contributed by atoms with Crippen molar-refractivity contribution >= 4 is 63.0 Å². The Morgan fingerprint density at radius 2 is 1.71 bits per heavy atom. The molecule has 4 aromatic rings. The van der Waals surface area contributed by atoms with Crippen LogP contribution in [0.15, 0.2) is 89.8 Å². The number of hydrogen-bond acceptors (Lipinski definition) is 5. The first kappa shape index (κ1) is 25.5. The molecule has 0 unspecified atom stereocenters. The molecule has 3 amide bonds. The Bertz CT molecular complexity index is 1560. The molecule has 0 bridgehead atoms. The molecule has 190 valence electrons. The SMILES string of the molecule is O=C(CN1C(=O)S/C(=C\c2ccc(OCc3c(F)cccc3Cl)cc2)C1=O)Nc1cccc2ccccc12. The molecule has 6 nitrogen and oxygen atoms in total. The van der Waals surface area contributed by atoms with Gasteiger partial charge in [-0.3, -0.25) is 19.3 Å². The fourth-order valence-electron chi connectivity index (χ4n) is 3.94. The minimum Gasteiger partial charge on any atom is -0.489 e. The second kappa shape index (κ2) is 11.1. The second-order valence-electron chi connectivity index (χ2n) is 8.40. The van der Waals surface area contributed by atoms with Crippen LogP contribution in [0.5, 0.6) is 5.75 Å². The van der Waals surface area contributed by atoms with Crippen LogP contribution in [0.2, 0.25) is 5.02 Å². The van der Waals surface area contributed by atoms with Crippen LogP contribution in [0.1, 0.15) is 11.1 Å². The van der Waals surface area contributed by atoms with E-state index in [1.54, 1.807) is 42.5 Å². The summed E-state index contributed by atoms with van der Waals surface area (Å²) in [5.41, 5.74) is 1.53. The first-order valence-electron chi connectivity index (χ1n) is 11.6. The monoisotopic (exact) mass is 546 g/mol. The number of nitrogens with zero attached hydrogens (tertiary/aromatic N) is 1. The van der Waals surface area contributed by atoms with Gasteiger partial charge in [-0.1, -0.05) is 66.2 Å². The lowest BCUT2D eigenvalue weighted by atomic mass is 10.1. The molecule has 1 heterocycles. The number of hydrogen-bond donors (Lipinski definition) is 1. The minimum absolute atomic E-state index is 0.0371. The number of carbonyl (C=O) groups is 3. The number of amides is 3. The van der Waals surface area contributed by atoms with Crippen LogP contribution in [0.4, 0.5) is 14.9 Å². The zero-order chi connectivity index (χ0) is 26.6. The number of carbonyl (C=O) groups excluding carboxylic acids is 3. The van der Waals surface area contributed by atoms with E-state index < -0.39 is 29.4 Å². The number of benzene rings is 4. The summed E-state index contributed by atoms with van der Waals surface area (Å²) in [5.74, 6) is -0.973. The van der Waals surface area contributed by atoms with Crippen molar-refractivity contribution < 1.29 is 23.5 Å². The first-order chi connectivity index (χ1) is 18.4. The molecule has 1 fully saturated rings. The molecule has 0 saturated carbocycles. The topological polar surface area (TPSA) is 75.7 Å². The summed E-state index contributed by atoms with van der Waals surface area (Å²) in [7, 11) is 0.